The van der Waals surface area contributed by atoms with Crippen LogP contribution < -0.4 is 0 Å². The zero-order valence-electron chi connectivity index (χ0n) is 12.1. The van der Waals surface area contributed by atoms with Gasteiger partial charge in [0.15, 0.2) is 11.3 Å². The first-order chi connectivity index (χ1) is 10.6. The van der Waals surface area contributed by atoms with Gasteiger partial charge in [-0.3, -0.25) is 0 Å². The minimum atomic E-state index is -0.502. The van der Waals surface area contributed by atoms with Crippen molar-refractivity contribution in [3.05, 3.63) is 46.7 Å². The van der Waals surface area contributed by atoms with Gasteiger partial charge in [0.25, 0.3) is 0 Å². The standard InChI is InChI=1S/C15H13ClN4O2/c1-3-22-15(21)14-9(2)20-13(17-18-14)8-12(19-20)10-4-6-11(16)7-5-10/h4-8H,3H2,1-2H3. The van der Waals surface area contributed by atoms with Crippen molar-refractivity contribution in [2.24, 2.45) is 0 Å². The van der Waals surface area contributed by atoms with E-state index < -0.39 is 5.97 Å². The van der Waals surface area contributed by atoms with Gasteiger partial charge in [0.05, 0.1) is 18.0 Å². The fourth-order valence-corrected chi connectivity index (χ4v) is 2.24. The van der Waals surface area contributed by atoms with E-state index >= 15 is 0 Å². The fraction of sp³-hybridized carbons (Fsp3) is 0.200. The van der Waals surface area contributed by atoms with Crippen molar-refractivity contribution in [1.29, 1.82) is 0 Å². The molecular weight excluding hydrogens is 304 g/mol. The summed E-state index contributed by atoms with van der Waals surface area (Å²) < 4.78 is 6.55. The number of hydrogen-bond acceptors (Lipinski definition) is 5. The third-order valence-corrected chi connectivity index (χ3v) is 3.46. The molecular formula is C15H13ClN4O2. The molecule has 0 aliphatic carbocycles. The summed E-state index contributed by atoms with van der Waals surface area (Å²) >= 11 is 5.89. The Morgan fingerprint density at radius 1 is 1.27 bits per heavy atom. The summed E-state index contributed by atoms with van der Waals surface area (Å²) in [5.41, 5.74) is 2.96. The molecule has 0 saturated heterocycles. The van der Waals surface area contributed by atoms with E-state index in [9.17, 15) is 4.79 Å². The molecule has 0 aliphatic heterocycles. The quantitative estimate of drug-likeness (QED) is 0.695. The predicted molar refractivity (Wildman–Crippen MR) is 81.9 cm³/mol. The molecule has 0 unspecified atom stereocenters. The molecule has 0 bridgehead atoms. The van der Waals surface area contributed by atoms with E-state index in [1.165, 1.54) is 0 Å². The van der Waals surface area contributed by atoms with E-state index in [1.807, 2.05) is 12.1 Å². The molecule has 3 rings (SSSR count). The third-order valence-electron chi connectivity index (χ3n) is 3.21. The lowest BCUT2D eigenvalue weighted by atomic mass is 10.2. The first kappa shape index (κ1) is 14.5. The normalized spacial score (nSPS) is 10.9. The van der Waals surface area contributed by atoms with Crippen LogP contribution in [0.2, 0.25) is 5.02 Å². The van der Waals surface area contributed by atoms with Gasteiger partial charge in [-0.2, -0.15) is 5.10 Å². The van der Waals surface area contributed by atoms with Crippen molar-refractivity contribution >= 4 is 23.2 Å². The highest BCUT2D eigenvalue weighted by molar-refractivity contribution is 6.30. The maximum Gasteiger partial charge on any atom is 0.360 e. The first-order valence-electron chi connectivity index (χ1n) is 6.76. The van der Waals surface area contributed by atoms with Gasteiger partial charge in [0, 0.05) is 16.7 Å². The van der Waals surface area contributed by atoms with Gasteiger partial charge in [-0.15, -0.1) is 10.2 Å². The Balaban J connectivity index is 2.08. The summed E-state index contributed by atoms with van der Waals surface area (Å²) in [6.07, 6.45) is 0. The number of carbonyl (C=O) groups excluding carboxylic acids is 1. The number of aryl methyl sites for hydroxylation is 1. The van der Waals surface area contributed by atoms with Crippen molar-refractivity contribution < 1.29 is 9.53 Å². The number of fused-ring (bicyclic) bond motifs is 1. The fourth-order valence-electron chi connectivity index (χ4n) is 2.11. The van der Waals surface area contributed by atoms with Crippen LogP contribution in [0.3, 0.4) is 0 Å². The molecule has 0 fully saturated rings. The van der Waals surface area contributed by atoms with Crippen LogP contribution >= 0.6 is 11.6 Å². The molecule has 2 heterocycles. The Labute approximate surface area is 131 Å². The minimum Gasteiger partial charge on any atom is -0.461 e. The smallest absolute Gasteiger partial charge is 0.360 e. The Morgan fingerprint density at radius 2 is 2.00 bits per heavy atom. The molecule has 0 spiro atoms. The van der Waals surface area contributed by atoms with Crippen LogP contribution in [0.4, 0.5) is 0 Å². The zero-order chi connectivity index (χ0) is 15.7. The molecule has 0 aliphatic rings. The summed E-state index contributed by atoms with van der Waals surface area (Å²) in [4.78, 5) is 11.8. The lowest BCUT2D eigenvalue weighted by molar-refractivity contribution is 0.0516. The van der Waals surface area contributed by atoms with Gasteiger partial charge in [-0.25, -0.2) is 9.31 Å². The highest BCUT2D eigenvalue weighted by atomic mass is 35.5. The van der Waals surface area contributed by atoms with Crippen LogP contribution in [0.1, 0.15) is 23.1 Å². The van der Waals surface area contributed by atoms with E-state index in [-0.39, 0.29) is 12.3 Å². The molecule has 1 aromatic carbocycles. The van der Waals surface area contributed by atoms with Gasteiger partial charge in [0.1, 0.15) is 0 Å². The molecule has 0 amide bonds. The number of nitrogens with zero attached hydrogens (tertiary/aromatic N) is 4. The SMILES string of the molecule is CCOC(=O)c1nnc2cc(-c3ccc(Cl)cc3)nn2c1C. The van der Waals surface area contributed by atoms with Crippen LogP contribution in [0.15, 0.2) is 30.3 Å². The van der Waals surface area contributed by atoms with E-state index in [0.717, 1.165) is 11.3 Å². The van der Waals surface area contributed by atoms with Crippen molar-refractivity contribution in [3.63, 3.8) is 0 Å². The Bertz CT molecular complexity index is 843. The maximum atomic E-state index is 11.8. The number of esters is 1. The number of benzene rings is 1. The first-order valence-corrected chi connectivity index (χ1v) is 7.14. The average molecular weight is 317 g/mol. The summed E-state index contributed by atoms with van der Waals surface area (Å²) in [6.45, 7) is 3.78. The van der Waals surface area contributed by atoms with E-state index in [2.05, 4.69) is 15.3 Å². The lowest BCUT2D eigenvalue weighted by Crippen LogP contribution is -2.14. The summed E-state index contributed by atoms with van der Waals surface area (Å²) in [5.74, 6) is -0.502. The maximum absolute atomic E-state index is 11.8. The van der Waals surface area contributed by atoms with Crippen molar-refractivity contribution in [3.8, 4) is 11.3 Å². The molecule has 3 aromatic rings. The topological polar surface area (TPSA) is 69.4 Å². The second-order valence-corrected chi connectivity index (χ2v) is 5.10. The average Bonchev–Trinajstić information content (AvgIpc) is 2.93. The van der Waals surface area contributed by atoms with Crippen molar-refractivity contribution in [1.82, 2.24) is 19.8 Å². The second kappa shape index (κ2) is 5.73. The molecule has 0 atom stereocenters. The van der Waals surface area contributed by atoms with Gasteiger partial charge >= 0.3 is 5.97 Å². The summed E-state index contributed by atoms with van der Waals surface area (Å²) in [6, 6.07) is 9.14. The molecule has 2 aromatic heterocycles. The molecule has 0 N–H and O–H groups in total. The molecule has 112 valence electrons. The van der Waals surface area contributed by atoms with E-state index in [4.69, 9.17) is 16.3 Å². The van der Waals surface area contributed by atoms with Crippen LogP contribution in [-0.2, 0) is 4.74 Å². The highest BCUT2D eigenvalue weighted by Gasteiger charge is 2.17. The van der Waals surface area contributed by atoms with Crippen molar-refractivity contribution in [2.45, 2.75) is 13.8 Å². The number of aromatic nitrogens is 4. The van der Waals surface area contributed by atoms with Gasteiger partial charge in [-0.1, -0.05) is 23.7 Å². The van der Waals surface area contributed by atoms with Crippen LogP contribution in [0.25, 0.3) is 16.9 Å². The minimum absolute atomic E-state index is 0.167. The largest absolute Gasteiger partial charge is 0.461 e. The van der Waals surface area contributed by atoms with Gasteiger partial charge in [0.2, 0.25) is 0 Å². The number of carbonyl (C=O) groups is 1. The summed E-state index contributed by atoms with van der Waals surface area (Å²) in [7, 11) is 0. The van der Waals surface area contributed by atoms with Crippen LogP contribution in [0.5, 0.6) is 0 Å². The number of rotatable bonds is 3. The highest BCUT2D eigenvalue weighted by Crippen LogP contribution is 2.22. The lowest BCUT2D eigenvalue weighted by Gasteiger charge is -2.04. The van der Waals surface area contributed by atoms with E-state index in [0.29, 0.717) is 16.4 Å². The van der Waals surface area contributed by atoms with Crippen molar-refractivity contribution in [2.75, 3.05) is 6.61 Å². The molecule has 22 heavy (non-hydrogen) atoms. The van der Waals surface area contributed by atoms with Crippen LogP contribution in [-0.4, -0.2) is 32.4 Å². The molecule has 6 nitrogen and oxygen atoms in total. The monoisotopic (exact) mass is 316 g/mol. The second-order valence-electron chi connectivity index (χ2n) is 4.66. The number of ether oxygens (including phenoxy) is 1. The third kappa shape index (κ3) is 2.53. The number of hydrogen-bond donors (Lipinski definition) is 0. The predicted octanol–water partition coefficient (Wildman–Crippen LogP) is 2.93. The Kier molecular flexibility index (Phi) is 3.77. The van der Waals surface area contributed by atoms with Crippen LogP contribution in [0, 0.1) is 6.92 Å². The zero-order valence-corrected chi connectivity index (χ0v) is 12.8. The molecule has 0 saturated carbocycles. The number of halogens is 1. The Morgan fingerprint density at radius 3 is 2.68 bits per heavy atom. The molecule has 0 radical (unpaired) electrons. The van der Waals surface area contributed by atoms with Gasteiger partial charge < -0.3 is 4.74 Å². The summed E-state index contributed by atoms with van der Waals surface area (Å²) in [5, 5.41) is 13.1. The Hall–Kier alpha value is -2.47. The molecule has 7 heteroatoms. The van der Waals surface area contributed by atoms with E-state index in [1.54, 1.807) is 36.6 Å². The van der Waals surface area contributed by atoms with Gasteiger partial charge in [-0.05, 0) is 26.0 Å².